The van der Waals surface area contributed by atoms with Gasteiger partial charge in [0, 0.05) is 57.2 Å². The van der Waals surface area contributed by atoms with E-state index in [4.69, 9.17) is 14.2 Å². The summed E-state index contributed by atoms with van der Waals surface area (Å²) in [5, 5.41) is 10.4. The average molecular weight is 419 g/mol. The molecule has 1 fully saturated rings. The maximum absolute atomic E-state index is 10.4. The molecule has 1 N–H and O–H groups in total. The third kappa shape index (κ3) is 6.43. The van der Waals surface area contributed by atoms with Gasteiger partial charge in [-0.15, -0.1) is 0 Å². The van der Waals surface area contributed by atoms with Crippen molar-refractivity contribution >= 4 is 0 Å². The quantitative estimate of drug-likeness (QED) is 0.591. The summed E-state index contributed by atoms with van der Waals surface area (Å²) in [5.41, 5.74) is 1.04. The highest BCUT2D eigenvalue weighted by atomic mass is 16.5. The highest BCUT2D eigenvalue weighted by molar-refractivity contribution is 5.46. The Hall–Kier alpha value is -2.13. The van der Waals surface area contributed by atoms with Crippen LogP contribution in [0.5, 0.6) is 11.5 Å². The number of hydrogen-bond donors (Lipinski definition) is 1. The van der Waals surface area contributed by atoms with Gasteiger partial charge in [-0.25, -0.2) is 4.98 Å². The van der Waals surface area contributed by atoms with Crippen LogP contribution in [0.25, 0.3) is 0 Å². The largest absolute Gasteiger partial charge is 0.493 e. The van der Waals surface area contributed by atoms with Gasteiger partial charge in [0.15, 0.2) is 11.5 Å². The number of aliphatic hydroxyl groups excluding tert-OH is 1. The summed E-state index contributed by atoms with van der Waals surface area (Å²) >= 11 is 0. The van der Waals surface area contributed by atoms with E-state index in [1.807, 2.05) is 37.5 Å². The predicted octanol–water partition coefficient (Wildman–Crippen LogP) is 1.40. The lowest BCUT2D eigenvalue weighted by molar-refractivity contribution is 0.00432. The maximum Gasteiger partial charge on any atom is 0.165 e. The molecule has 30 heavy (non-hydrogen) atoms. The summed E-state index contributed by atoms with van der Waals surface area (Å²) in [5.74, 6) is 2.40. The first-order chi connectivity index (χ1) is 14.6. The van der Waals surface area contributed by atoms with Gasteiger partial charge < -0.3 is 28.8 Å². The Morgan fingerprint density at radius 1 is 1.30 bits per heavy atom. The molecule has 0 unspecified atom stereocenters. The van der Waals surface area contributed by atoms with Crippen LogP contribution in [-0.2, 0) is 17.8 Å². The SMILES string of the molecule is COc1cccc(CN(C)CCn2ccnc2C)c1OC[C@H](O)CN1CCOCC1. The maximum atomic E-state index is 10.4. The van der Waals surface area contributed by atoms with E-state index >= 15 is 0 Å². The Labute approximate surface area is 179 Å². The van der Waals surface area contributed by atoms with E-state index in [1.54, 1.807) is 7.11 Å². The van der Waals surface area contributed by atoms with Crippen molar-refractivity contribution in [3.8, 4) is 11.5 Å². The topological polar surface area (TPSA) is 72.2 Å². The molecule has 1 aromatic heterocycles. The molecule has 166 valence electrons. The minimum absolute atomic E-state index is 0.225. The van der Waals surface area contributed by atoms with Crippen LogP contribution in [0, 0.1) is 6.92 Å². The third-order valence-corrected chi connectivity index (χ3v) is 5.36. The Bertz CT molecular complexity index is 776. The molecule has 1 aliphatic heterocycles. The van der Waals surface area contributed by atoms with Crippen LogP contribution >= 0.6 is 0 Å². The van der Waals surface area contributed by atoms with Crippen molar-refractivity contribution in [3.05, 3.63) is 42.0 Å². The number of aliphatic hydroxyl groups is 1. The van der Waals surface area contributed by atoms with Crippen LogP contribution in [-0.4, -0.2) is 90.7 Å². The third-order valence-electron chi connectivity index (χ3n) is 5.36. The number of methoxy groups -OCH3 is 1. The van der Waals surface area contributed by atoms with Gasteiger partial charge in [-0.2, -0.15) is 0 Å². The minimum atomic E-state index is -0.567. The van der Waals surface area contributed by atoms with E-state index in [0.29, 0.717) is 18.0 Å². The number of rotatable bonds is 11. The standard InChI is InChI=1S/C22H34N4O4/c1-18-23-7-8-26(18)10-9-24(2)15-19-5-4-6-21(28-3)22(19)30-17-20(27)16-25-11-13-29-14-12-25/h4-8,20,27H,9-17H2,1-3H3/t20-/m1/s1. The summed E-state index contributed by atoms with van der Waals surface area (Å²) in [6.45, 7) is 8.42. The fourth-order valence-electron chi connectivity index (χ4n) is 3.61. The smallest absolute Gasteiger partial charge is 0.165 e. The molecule has 2 heterocycles. The van der Waals surface area contributed by atoms with Crippen LogP contribution < -0.4 is 9.47 Å². The second-order valence-electron chi connectivity index (χ2n) is 7.73. The van der Waals surface area contributed by atoms with E-state index < -0.39 is 6.10 Å². The number of aryl methyl sites for hydroxylation is 1. The first kappa shape index (κ1) is 22.6. The first-order valence-electron chi connectivity index (χ1n) is 10.5. The molecular weight excluding hydrogens is 384 g/mol. The van der Waals surface area contributed by atoms with E-state index in [-0.39, 0.29) is 6.61 Å². The lowest BCUT2D eigenvalue weighted by atomic mass is 10.1. The van der Waals surface area contributed by atoms with Crippen molar-refractivity contribution in [2.24, 2.45) is 0 Å². The van der Waals surface area contributed by atoms with Gasteiger partial charge in [0.05, 0.1) is 20.3 Å². The van der Waals surface area contributed by atoms with E-state index in [1.165, 1.54) is 0 Å². The van der Waals surface area contributed by atoms with Gasteiger partial charge >= 0.3 is 0 Å². The van der Waals surface area contributed by atoms with Crippen LogP contribution in [0.2, 0.25) is 0 Å². The fourth-order valence-corrected chi connectivity index (χ4v) is 3.61. The molecule has 0 amide bonds. The van der Waals surface area contributed by atoms with Crippen molar-refractivity contribution in [1.82, 2.24) is 19.4 Å². The molecule has 0 radical (unpaired) electrons. The number of imidazole rings is 1. The summed E-state index contributed by atoms with van der Waals surface area (Å²) in [4.78, 5) is 8.71. The number of aromatic nitrogens is 2. The number of hydrogen-bond acceptors (Lipinski definition) is 7. The zero-order valence-electron chi connectivity index (χ0n) is 18.3. The molecule has 0 spiro atoms. The number of nitrogens with zero attached hydrogens (tertiary/aromatic N) is 4. The second-order valence-corrected chi connectivity index (χ2v) is 7.73. The molecule has 0 saturated carbocycles. The average Bonchev–Trinajstić information content (AvgIpc) is 3.16. The van der Waals surface area contributed by atoms with E-state index in [9.17, 15) is 5.11 Å². The summed E-state index contributed by atoms with van der Waals surface area (Å²) in [6, 6.07) is 5.91. The second kappa shape index (κ2) is 11.3. The number of morpholine rings is 1. The molecule has 3 rings (SSSR count). The van der Waals surface area contributed by atoms with Gasteiger partial charge in [-0.3, -0.25) is 4.90 Å². The molecule has 8 nitrogen and oxygen atoms in total. The predicted molar refractivity (Wildman–Crippen MR) is 115 cm³/mol. The van der Waals surface area contributed by atoms with Crippen molar-refractivity contribution in [1.29, 1.82) is 0 Å². The Balaban J connectivity index is 1.57. The van der Waals surface area contributed by atoms with E-state index in [2.05, 4.69) is 26.4 Å². The van der Waals surface area contributed by atoms with Crippen LogP contribution in [0.3, 0.4) is 0 Å². The van der Waals surface area contributed by atoms with Gasteiger partial charge in [-0.05, 0) is 20.0 Å². The van der Waals surface area contributed by atoms with Gasteiger partial charge in [0.1, 0.15) is 18.5 Å². The molecule has 0 aliphatic carbocycles. The zero-order chi connectivity index (χ0) is 21.3. The van der Waals surface area contributed by atoms with Crippen molar-refractivity contribution in [2.75, 3.05) is 60.2 Å². The lowest BCUT2D eigenvalue weighted by Gasteiger charge is -2.28. The summed E-state index contributed by atoms with van der Waals surface area (Å²) in [7, 11) is 3.73. The first-order valence-corrected chi connectivity index (χ1v) is 10.5. The molecular formula is C22H34N4O4. The number of para-hydroxylation sites is 1. The normalized spacial score (nSPS) is 16.0. The molecule has 1 aliphatic rings. The van der Waals surface area contributed by atoms with Gasteiger partial charge in [-0.1, -0.05) is 12.1 Å². The van der Waals surface area contributed by atoms with Crippen LogP contribution in [0.1, 0.15) is 11.4 Å². The van der Waals surface area contributed by atoms with Crippen LogP contribution in [0.4, 0.5) is 0 Å². The Morgan fingerprint density at radius 3 is 2.80 bits per heavy atom. The Morgan fingerprint density at radius 2 is 2.10 bits per heavy atom. The molecule has 8 heteroatoms. The molecule has 2 aromatic rings. The van der Waals surface area contributed by atoms with E-state index in [0.717, 1.165) is 57.3 Å². The molecule has 1 aromatic carbocycles. The van der Waals surface area contributed by atoms with Gasteiger partial charge in [0.2, 0.25) is 0 Å². The minimum Gasteiger partial charge on any atom is -0.493 e. The van der Waals surface area contributed by atoms with Crippen molar-refractivity contribution < 1.29 is 19.3 Å². The van der Waals surface area contributed by atoms with Gasteiger partial charge in [0.25, 0.3) is 0 Å². The van der Waals surface area contributed by atoms with Crippen LogP contribution in [0.15, 0.2) is 30.6 Å². The number of β-amino-alcohol motifs (C(OH)–C–C–N with tert-alkyl or cyclic N) is 1. The highest BCUT2D eigenvalue weighted by Gasteiger charge is 2.18. The highest BCUT2D eigenvalue weighted by Crippen LogP contribution is 2.32. The molecule has 1 saturated heterocycles. The molecule has 0 bridgehead atoms. The zero-order valence-corrected chi connectivity index (χ0v) is 18.3. The molecule has 1 atom stereocenters. The number of ether oxygens (including phenoxy) is 3. The monoisotopic (exact) mass is 418 g/mol. The Kier molecular flexibility index (Phi) is 8.50. The summed E-state index contributed by atoms with van der Waals surface area (Å²) in [6.07, 6.45) is 3.26. The number of likely N-dealkylation sites (N-methyl/N-ethyl adjacent to an activating group) is 1. The number of benzene rings is 1. The summed E-state index contributed by atoms with van der Waals surface area (Å²) < 4.78 is 19.1. The van der Waals surface area contributed by atoms with Crippen molar-refractivity contribution in [2.45, 2.75) is 26.1 Å². The fraction of sp³-hybridized carbons (Fsp3) is 0.591. The van der Waals surface area contributed by atoms with Crippen molar-refractivity contribution in [3.63, 3.8) is 0 Å². The lowest BCUT2D eigenvalue weighted by Crippen LogP contribution is -2.42.